The number of likely N-dealkylation sites (N-methyl/N-ethyl adjacent to an activating group) is 1. The van der Waals surface area contributed by atoms with Crippen LogP contribution in [-0.4, -0.2) is 40.3 Å². The lowest BCUT2D eigenvalue weighted by atomic mass is 10.1. The third kappa shape index (κ3) is 2.64. The molecule has 1 aromatic carbocycles. The summed E-state index contributed by atoms with van der Waals surface area (Å²) in [4.78, 5) is 13.8. The molecule has 0 N–H and O–H groups in total. The van der Waals surface area contributed by atoms with Crippen LogP contribution in [0.2, 0.25) is 0 Å². The van der Waals surface area contributed by atoms with Crippen LogP contribution in [0.25, 0.3) is 5.69 Å². The number of aryl methyl sites for hydroxylation is 1. The second-order valence-electron chi connectivity index (χ2n) is 5.78. The van der Waals surface area contributed by atoms with Gasteiger partial charge in [-0.05, 0) is 33.0 Å². The van der Waals surface area contributed by atoms with Gasteiger partial charge in [-0.2, -0.15) is 5.10 Å². The first-order valence-corrected chi connectivity index (χ1v) is 7.55. The van der Waals surface area contributed by atoms with Crippen molar-refractivity contribution in [2.75, 3.05) is 13.7 Å². The number of hydrogen-bond acceptors (Lipinski definition) is 4. The zero-order valence-electron chi connectivity index (χ0n) is 13.2. The van der Waals surface area contributed by atoms with Crippen LogP contribution in [0, 0.1) is 13.8 Å². The molecule has 1 aliphatic heterocycles. The predicted molar refractivity (Wildman–Crippen MR) is 83.9 cm³/mol. The fraction of sp³-hybridized carbons (Fsp3) is 0.412. The molecule has 3 rings (SSSR count). The Hall–Kier alpha value is -2.14. The maximum atomic E-state index is 11.7. The van der Waals surface area contributed by atoms with Gasteiger partial charge in [0.2, 0.25) is 0 Å². The Bertz CT molecular complexity index is 679. The van der Waals surface area contributed by atoms with Gasteiger partial charge in [0.1, 0.15) is 6.04 Å². The van der Waals surface area contributed by atoms with Gasteiger partial charge in [-0.15, -0.1) is 0 Å². The maximum Gasteiger partial charge on any atom is 0.323 e. The van der Waals surface area contributed by atoms with Crippen molar-refractivity contribution in [3.8, 4) is 5.69 Å². The van der Waals surface area contributed by atoms with Crippen LogP contribution in [0.4, 0.5) is 0 Å². The van der Waals surface area contributed by atoms with Gasteiger partial charge in [0.15, 0.2) is 0 Å². The number of benzene rings is 1. The highest BCUT2D eigenvalue weighted by Crippen LogP contribution is 2.21. The van der Waals surface area contributed by atoms with Gasteiger partial charge >= 0.3 is 5.97 Å². The average molecular weight is 299 g/mol. The average Bonchev–Trinajstić information content (AvgIpc) is 3.06. The number of carbonyl (C=O) groups is 1. The largest absolute Gasteiger partial charge is 0.464 e. The van der Waals surface area contributed by atoms with E-state index in [1.54, 1.807) is 0 Å². The zero-order chi connectivity index (χ0) is 15.7. The highest BCUT2D eigenvalue weighted by Gasteiger charge is 2.31. The molecule has 1 fully saturated rings. The molecule has 0 aliphatic carbocycles. The number of ether oxygens (including phenoxy) is 1. The fourth-order valence-electron chi connectivity index (χ4n) is 2.97. The first-order chi connectivity index (χ1) is 10.6. The summed E-state index contributed by atoms with van der Waals surface area (Å²) in [6.07, 6.45) is 0.764. The van der Waals surface area contributed by atoms with E-state index in [2.05, 4.69) is 16.9 Å². The number of nitrogens with zero attached hydrogens (tertiary/aromatic N) is 3. The third-order valence-electron chi connectivity index (χ3n) is 4.29. The molecular weight excluding hydrogens is 278 g/mol. The van der Waals surface area contributed by atoms with Gasteiger partial charge in [0.05, 0.1) is 18.0 Å². The number of cyclic esters (lactones) is 1. The van der Waals surface area contributed by atoms with E-state index in [4.69, 9.17) is 4.74 Å². The van der Waals surface area contributed by atoms with E-state index in [9.17, 15) is 4.79 Å². The molecule has 0 saturated carbocycles. The topological polar surface area (TPSA) is 47.4 Å². The standard InChI is InChI=1S/C17H21N3O2/c1-12-15(11-19(3)16-9-10-22-17(16)21)13(2)20(18-12)14-7-5-4-6-8-14/h4-8,16H,9-11H2,1-3H3/t16-/m1/s1. The second-order valence-corrected chi connectivity index (χ2v) is 5.78. The fourth-order valence-corrected chi connectivity index (χ4v) is 2.97. The molecule has 1 saturated heterocycles. The third-order valence-corrected chi connectivity index (χ3v) is 4.29. The van der Waals surface area contributed by atoms with Gasteiger partial charge in [-0.25, -0.2) is 4.68 Å². The van der Waals surface area contributed by atoms with Gasteiger partial charge in [0.25, 0.3) is 0 Å². The number of hydrogen-bond donors (Lipinski definition) is 0. The summed E-state index contributed by atoms with van der Waals surface area (Å²) in [7, 11) is 1.97. The minimum absolute atomic E-state index is 0.117. The molecule has 1 aromatic heterocycles. The van der Waals surface area contributed by atoms with E-state index in [1.807, 2.05) is 49.0 Å². The van der Waals surface area contributed by atoms with Gasteiger partial charge < -0.3 is 4.74 Å². The number of esters is 1. The smallest absolute Gasteiger partial charge is 0.323 e. The Morgan fingerprint density at radius 3 is 2.68 bits per heavy atom. The lowest BCUT2D eigenvalue weighted by molar-refractivity contribution is -0.142. The van der Waals surface area contributed by atoms with E-state index in [1.165, 1.54) is 5.56 Å². The number of para-hydroxylation sites is 1. The van der Waals surface area contributed by atoms with Crippen molar-refractivity contribution in [3.05, 3.63) is 47.3 Å². The van der Waals surface area contributed by atoms with E-state index in [0.717, 1.165) is 23.5 Å². The Morgan fingerprint density at radius 1 is 1.32 bits per heavy atom. The number of aromatic nitrogens is 2. The highest BCUT2D eigenvalue weighted by molar-refractivity contribution is 5.77. The van der Waals surface area contributed by atoms with Crippen molar-refractivity contribution < 1.29 is 9.53 Å². The van der Waals surface area contributed by atoms with Gasteiger partial charge in [0, 0.05) is 24.2 Å². The van der Waals surface area contributed by atoms with E-state index >= 15 is 0 Å². The quantitative estimate of drug-likeness (QED) is 0.812. The summed E-state index contributed by atoms with van der Waals surface area (Å²) in [5.74, 6) is -0.117. The summed E-state index contributed by atoms with van der Waals surface area (Å²) >= 11 is 0. The minimum atomic E-state index is -0.140. The maximum absolute atomic E-state index is 11.7. The molecule has 0 unspecified atom stereocenters. The van der Waals surface area contributed by atoms with Crippen molar-refractivity contribution in [1.82, 2.24) is 14.7 Å². The zero-order valence-corrected chi connectivity index (χ0v) is 13.2. The van der Waals surface area contributed by atoms with Crippen LogP contribution in [-0.2, 0) is 16.1 Å². The van der Waals surface area contributed by atoms with E-state index < -0.39 is 0 Å². The molecule has 116 valence electrons. The summed E-state index contributed by atoms with van der Waals surface area (Å²) in [6, 6.07) is 9.95. The Labute approximate surface area is 130 Å². The lowest BCUT2D eigenvalue weighted by Crippen LogP contribution is -2.35. The van der Waals surface area contributed by atoms with Crippen molar-refractivity contribution in [3.63, 3.8) is 0 Å². The van der Waals surface area contributed by atoms with Crippen LogP contribution in [0.15, 0.2) is 30.3 Å². The molecule has 0 amide bonds. The van der Waals surface area contributed by atoms with Crippen LogP contribution in [0.1, 0.15) is 23.4 Å². The van der Waals surface area contributed by atoms with Crippen molar-refractivity contribution in [1.29, 1.82) is 0 Å². The molecule has 1 aliphatic rings. The molecule has 2 aromatic rings. The van der Waals surface area contributed by atoms with Crippen LogP contribution in [0.5, 0.6) is 0 Å². The summed E-state index contributed by atoms with van der Waals surface area (Å²) in [5, 5.41) is 4.65. The summed E-state index contributed by atoms with van der Waals surface area (Å²) in [6.45, 7) is 5.31. The Kier molecular flexibility index (Phi) is 3.98. The SMILES string of the molecule is Cc1nn(-c2ccccc2)c(C)c1CN(C)[C@@H]1CCOC1=O. The van der Waals surface area contributed by atoms with Gasteiger partial charge in [-0.1, -0.05) is 18.2 Å². The Morgan fingerprint density at radius 2 is 2.05 bits per heavy atom. The number of rotatable bonds is 4. The first-order valence-electron chi connectivity index (χ1n) is 7.55. The van der Waals surface area contributed by atoms with Gasteiger partial charge in [-0.3, -0.25) is 9.69 Å². The number of carbonyl (C=O) groups excluding carboxylic acids is 1. The normalized spacial score (nSPS) is 18.0. The molecule has 22 heavy (non-hydrogen) atoms. The van der Waals surface area contributed by atoms with E-state index in [0.29, 0.717) is 13.2 Å². The molecule has 0 radical (unpaired) electrons. The van der Waals surface area contributed by atoms with Crippen molar-refractivity contribution in [2.24, 2.45) is 0 Å². The highest BCUT2D eigenvalue weighted by atomic mass is 16.5. The molecule has 5 nitrogen and oxygen atoms in total. The van der Waals surface area contributed by atoms with E-state index in [-0.39, 0.29) is 12.0 Å². The second kappa shape index (κ2) is 5.93. The molecule has 1 atom stereocenters. The molecule has 5 heteroatoms. The van der Waals surface area contributed by atoms with Crippen LogP contribution < -0.4 is 0 Å². The molecular formula is C17H21N3O2. The molecule has 0 bridgehead atoms. The van der Waals surface area contributed by atoms with Crippen LogP contribution in [0.3, 0.4) is 0 Å². The Balaban J connectivity index is 1.86. The van der Waals surface area contributed by atoms with Crippen molar-refractivity contribution >= 4 is 5.97 Å². The first kappa shape index (κ1) is 14.8. The molecule has 0 spiro atoms. The van der Waals surface area contributed by atoms with Crippen molar-refractivity contribution in [2.45, 2.75) is 32.9 Å². The predicted octanol–water partition coefficient (Wildman–Crippen LogP) is 2.24. The molecule has 2 heterocycles. The minimum Gasteiger partial charge on any atom is -0.464 e. The monoisotopic (exact) mass is 299 g/mol. The lowest BCUT2D eigenvalue weighted by Gasteiger charge is -2.21. The summed E-state index contributed by atoms with van der Waals surface area (Å²) in [5.41, 5.74) is 4.34. The van der Waals surface area contributed by atoms with Crippen LogP contribution >= 0.6 is 0 Å². The summed E-state index contributed by atoms with van der Waals surface area (Å²) < 4.78 is 7.02.